The Morgan fingerprint density at radius 1 is 1.22 bits per heavy atom. The van der Waals surface area contributed by atoms with E-state index in [-0.39, 0.29) is 11.9 Å². The fourth-order valence-corrected chi connectivity index (χ4v) is 1.59. The summed E-state index contributed by atoms with van der Waals surface area (Å²) in [6.45, 7) is 10.4. The van der Waals surface area contributed by atoms with Crippen molar-refractivity contribution in [3.63, 3.8) is 0 Å². The van der Waals surface area contributed by atoms with Crippen molar-refractivity contribution in [2.75, 3.05) is 53.5 Å². The molecule has 0 bridgehead atoms. The molecule has 0 aliphatic carbocycles. The molecule has 0 aromatic rings. The van der Waals surface area contributed by atoms with Gasteiger partial charge in [0.05, 0.1) is 19.3 Å². The lowest BCUT2D eigenvalue weighted by Gasteiger charge is -2.23. The van der Waals surface area contributed by atoms with E-state index in [1.165, 1.54) is 0 Å². The molecular weight excluding hydrogens is 230 g/mol. The van der Waals surface area contributed by atoms with Crippen molar-refractivity contribution < 1.29 is 9.53 Å². The lowest BCUT2D eigenvalue weighted by molar-refractivity contribution is -0.132. The Balaban J connectivity index is 3.63. The van der Waals surface area contributed by atoms with E-state index in [0.717, 1.165) is 26.2 Å². The Bertz CT molecular complexity index is 218. The largest absolute Gasteiger partial charge is 0.379 e. The van der Waals surface area contributed by atoms with Gasteiger partial charge in [-0.25, -0.2) is 0 Å². The predicted octanol–water partition coefficient (Wildman–Crippen LogP) is 0.411. The van der Waals surface area contributed by atoms with Gasteiger partial charge in [0, 0.05) is 26.2 Å². The molecule has 0 rings (SSSR count). The third-order valence-electron chi connectivity index (χ3n) is 2.83. The molecule has 1 N–H and O–H groups in total. The number of hydrogen-bond donors (Lipinski definition) is 1. The van der Waals surface area contributed by atoms with Gasteiger partial charge in [-0.05, 0) is 34.9 Å². The number of ether oxygens (including phenoxy) is 1. The van der Waals surface area contributed by atoms with Crippen molar-refractivity contribution in [1.82, 2.24) is 15.1 Å². The Labute approximate surface area is 111 Å². The van der Waals surface area contributed by atoms with Gasteiger partial charge < -0.3 is 19.9 Å². The van der Waals surface area contributed by atoms with Crippen LogP contribution in [0.25, 0.3) is 0 Å². The second kappa shape index (κ2) is 10.3. The van der Waals surface area contributed by atoms with Gasteiger partial charge in [0.2, 0.25) is 5.91 Å². The van der Waals surface area contributed by atoms with Crippen LogP contribution in [0.2, 0.25) is 0 Å². The summed E-state index contributed by atoms with van der Waals surface area (Å²) in [5, 5.41) is 3.19. The van der Waals surface area contributed by atoms with Crippen LogP contribution < -0.4 is 5.32 Å². The molecule has 1 amide bonds. The Kier molecular flexibility index (Phi) is 9.92. The minimum absolute atomic E-state index is 0.137. The summed E-state index contributed by atoms with van der Waals surface area (Å²) in [6.07, 6.45) is 0. The number of carbonyl (C=O) groups excluding carboxylic acids is 1. The van der Waals surface area contributed by atoms with Gasteiger partial charge in [0.1, 0.15) is 0 Å². The van der Waals surface area contributed by atoms with E-state index in [1.807, 2.05) is 39.8 Å². The lowest BCUT2D eigenvalue weighted by Crippen LogP contribution is -2.45. The molecule has 0 fully saturated rings. The van der Waals surface area contributed by atoms with Crippen LogP contribution in [0.1, 0.15) is 20.8 Å². The summed E-state index contributed by atoms with van der Waals surface area (Å²) >= 11 is 0. The molecule has 0 aromatic carbocycles. The van der Waals surface area contributed by atoms with E-state index < -0.39 is 0 Å². The zero-order chi connectivity index (χ0) is 14.0. The fraction of sp³-hybridized carbons (Fsp3) is 0.923. The first-order valence-electron chi connectivity index (χ1n) is 6.77. The van der Waals surface area contributed by atoms with Crippen LogP contribution >= 0.6 is 0 Å². The maximum absolute atomic E-state index is 11.9. The smallest absolute Gasteiger partial charge is 0.239 e. The molecule has 18 heavy (non-hydrogen) atoms. The molecule has 0 heterocycles. The number of nitrogens with one attached hydrogen (secondary N) is 1. The highest BCUT2D eigenvalue weighted by atomic mass is 16.5. The molecule has 0 radical (unpaired) electrons. The number of likely N-dealkylation sites (N-methyl/N-ethyl adjacent to an activating group) is 2. The van der Waals surface area contributed by atoms with Gasteiger partial charge in [-0.15, -0.1) is 0 Å². The molecule has 0 aromatic heterocycles. The predicted molar refractivity (Wildman–Crippen MR) is 74.8 cm³/mol. The van der Waals surface area contributed by atoms with Crippen LogP contribution in [0, 0.1) is 0 Å². The molecular formula is C13H29N3O2. The van der Waals surface area contributed by atoms with Crippen LogP contribution in [-0.4, -0.2) is 75.2 Å². The zero-order valence-electron chi connectivity index (χ0n) is 12.5. The standard InChI is InChI=1S/C13H29N3O2/c1-6-16(7-2)13(17)12(3)14-8-10-18-11-9-15(4)5/h12,14H,6-11H2,1-5H3. The highest BCUT2D eigenvalue weighted by Crippen LogP contribution is 1.94. The molecule has 0 saturated heterocycles. The molecule has 0 spiro atoms. The number of carbonyl (C=O) groups is 1. The van der Waals surface area contributed by atoms with E-state index in [9.17, 15) is 4.79 Å². The highest BCUT2D eigenvalue weighted by Gasteiger charge is 2.16. The second-order valence-electron chi connectivity index (χ2n) is 4.60. The van der Waals surface area contributed by atoms with Crippen LogP contribution in [0.5, 0.6) is 0 Å². The van der Waals surface area contributed by atoms with Gasteiger partial charge in [-0.2, -0.15) is 0 Å². The summed E-state index contributed by atoms with van der Waals surface area (Å²) in [6, 6.07) is -0.137. The maximum Gasteiger partial charge on any atom is 0.239 e. The summed E-state index contributed by atoms with van der Waals surface area (Å²) < 4.78 is 5.46. The third kappa shape index (κ3) is 7.63. The first kappa shape index (κ1) is 17.4. The van der Waals surface area contributed by atoms with Crippen molar-refractivity contribution in [3.8, 4) is 0 Å². The van der Waals surface area contributed by atoms with Gasteiger partial charge in [-0.1, -0.05) is 0 Å². The zero-order valence-corrected chi connectivity index (χ0v) is 12.5. The Morgan fingerprint density at radius 2 is 1.83 bits per heavy atom. The number of amides is 1. The first-order chi connectivity index (χ1) is 8.52. The average Bonchev–Trinajstić information content (AvgIpc) is 2.34. The molecule has 5 heteroatoms. The topological polar surface area (TPSA) is 44.8 Å². The van der Waals surface area contributed by atoms with Crippen molar-refractivity contribution >= 4 is 5.91 Å². The summed E-state index contributed by atoms with van der Waals surface area (Å²) in [4.78, 5) is 15.9. The van der Waals surface area contributed by atoms with Crippen LogP contribution in [0.4, 0.5) is 0 Å². The van der Waals surface area contributed by atoms with E-state index in [1.54, 1.807) is 0 Å². The van der Waals surface area contributed by atoms with Gasteiger partial charge in [0.25, 0.3) is 0 Å². The van der Waals surface area contributed by atoms with Crippen LogP contribution in [0.3, 0.4) is 0 Å². The summed E-state index contributed by atoms with van der Waals surface area (Å²) in [7, 11) is 4.04. The first-order valence-corrected chi connectivity index (χ1v) is 6.77. The molecule has 0 aliphatic heterocycles. The minimum Gasteiger partial charge on any atom is -0.379 e. The molecule has 108 valence electrons. The second-order valence-corrected chi connectivity index (χ2v) is 4.60. The molecule has 0 saturated carbocycles. The SMILES string of the molecule is CCN(CC)C(=O)C(C)NCCOCCN(C)C. The monoisotopic (exact) mass is 259 g/mol. The minimum atomic E-state index is -0.137. The number of rotatable bonds is 10. The van der Waals surface area contributed by atoms with E-state index in [2.05, 4.69) is 10.2 Å². The van der Waals surface area contributed by atoms with Crippen LogP contribution in [0.15, 0.2) is 0 Å². The molecule has 1 atom stereocenters. The van der Waals surface area contributed by atoms with Crippen molar-refractivity contribution in [2.24, 2.45) is 0 Å². The summed E-state index contributed by atoms with van der Waals surface area (Å²) in [5.74, 6) is 0.160. The van der Waals surface area contributed by atoms with Crippen molar-refractivity contribution in [1.29, 1.82) is 0 Å². The van der Waals surface area contributed by atoms with Crippen molar-refractivity contribution in [2.45, 2.75) is 26.8 Å². The fourth-order valence-electron chi connectivity index (χ4n) is 1.59. The number of hydrogen-bond acceptors (Lipinski definition) is 4. The van der Waals surface area contributed by atoms with Gasteiger partial charge >= 0.3 is 0 Å². The van der Waals surface area contributed by atoms with E-state index in [4.69, 9.17) is 4.74 Å². The quantitative estimate of drug-likeness (QED) is 0.577. The third-order valence-corrected chi connectivity index (χ3v) is 2.83. The highest BCUT2D eigenvalue weighted by molar-refractivity contribution is 5.81. The average molecular weight is 259 g/mol. The molecule has 1 unspecified atom stereocenters. The molecule has 0 aliphatic rings. The van der Waals surface area contributed by atoms with Gasteiger partial charge in [-0.3, -0.25) is 4.79 Å². The molecule has 5 nitrogen and oxygen atoms in total. The lowest BCUT2D eigenvalue weighted by atomic mass is 10.3. The van der Waals surface area contributed by atoms with E-state index >= 15 is 0 Å². The number of nitrogens with zero attached hydrogens (tertiary/aromatic N) is 2. The van der Waals surface area contributed by atoms with Crippen molar-refractivity contribution in [3.05, 3.63) is 0 Å². The normalized spacial score (nSPS) is 12.8. The Morgan fingerprint density at radius 3 is 2.33 bits per heavy atom. The van der Waals surface area contributed by atoms with Gasteiger partial charge in [0.15, 0.2) is 0 Å². The maximum atomic E-state index is 11.9. The van der Waals surface area contributed by atoms with E-state index in [0.29, 0.717) is 13.2 Å². The van der Waals surface area contributed by atoms with Crippen LogP contribution in [-0.2, 0) is 9.53 Å². The Hall–Kier alpha value is -0.650. The summed E-state index contributed by atoms with van der Waals surface area (Å²) in [5.41, 5.74) is 0.